The lowest BCUT2D eigenvalue weighted by atomic mass is 10.1. The van der Waals surface area contributed by atoms with Crippen LogP contribution < -0.4 is 15.8 Å². The Bertz CT molecular complexity index is 750. The van der Waals surface area contributed by atoms with Gasteiger partial charge in [0.25, 0.3) is 0 Å². The van der Waals surface area contributed by atoms with E-state index in [1.807, 2.05) is 12.1 Å². The molecule has 0 atom stereocenters. The maximum absolute atomic E-state index is 12.9. The Hall–Kier alpha value is -2.16. The minimum absolute atomic E-state index is 0.115. The van der Waals surface area contributed by atoms with E-state index in [4.69, 9.17) is 10.5 Å². The van der Waals surface area contributed by atoms with Crippen LogP contribution in [0, 0.1) is 9.39 Å². The van der Waals surface area contributed by atoms with Gasteiger partial charge in [-0.2, -0.15) is 0 Å². The van der Waals surface area contributed by atoms with Crippen LogP contribution in [0.2, 0.25) is 0 Å². The average Bonchev–Trinajstić information content (AvgIpc) is 2.56. The van der Waals surface area contributed by atoms with Gasteiger partial charge in [0.15, 0.2) is 0 Å². The third-order valence-electron chi connectivity index (χ3n) is 3.38. The number of nitrogens with two attached hydrogens (primary N) is 1. The van der Waals surface area contributed by atoms with E-state index >= 15 is 0 Å². The second kappa shape index (κ2) is 9.36. The summed E-state index contributed by atoms with van der Waals surface area (Å²) < 4.78 is 19.5. The Labute approximate surface area is 158 Å². The van der Waals surface area contributed by atoms with Crippen LogP contribution in [0.25, 0.3) is 0 Å². The Morgan fingerprint density at radius 3 is 2.56 bits per heavy atom. The summed E-state index contributed by atoms with van der Waals surface area (Å²) in [5.74, 6) is -0.298. The molecule has 2 aromatic carbocycles. The van der Waals surface area contributed by atoms with Crippen LogP contribution in [0.5, 0.6) is 5.75 Å². The molecule has 0 spiro atoms. The largest absolute Gasteiger partial charge is 0.489 e. The normalized spacial score (nSPS) is 10.3. The number of nitrogens with one attached hydrogen (secondary N) is 1. The summed E-state index contributed by atoms with van der Waals surface area (Å²) in [6.07, 6.45) is 0.300. The maximum Gasteiger partial charge on any atom is 0.224 e. The molecule has 0 aliphatic rings. The fourth-order valence-electron chi connectivity index (χ4n) is 2.08. The van der Waals surface area contributed by atoms with E-state index in [1.165, 1.54) is 12.1 Å². The minimum atomic E-state index is -0.453. The highest BCUT2D eigenvalue weighted by Crippen LogP contribution is 2.21. The van der Waals surface area contributed by atoms with Gasteiger partial charge >= 0.3 is 0 Å². The van der Waals surface area contributed by atoms with Gasteiger partial charge in [-0.3, -0.25) is 9.59 Å². The van der Waals surface area contributed by atoms with Gasteiger partial charge in [-0.05, 0) is 64.0 Å². The number of benzene rings is 2. The SMILES string of the molecule is NC(=O)CCNC(=O)Cc1cc(OCc2ccc(F)cc2)ccc1I. The van der Waals surface area contributed by atoms with Crippen LogP contribution in [-0.2, 0) is 22.6 Å². The van der Waals surface area contributed by atoms with Crippen LogP contribution in [0.3, 0.4) is 0 Å². The highest BCUT2D eigenvalue weighted by molar-refractivity contribution is 14.1. The van der Waals surface area contributed by atoms with Crippen LogP contribution >= 0.6 is 22.6 Å². The van der Waals surface area contributed by atoms with Crippen molar-refractivity contribution in [3.05, 3.63) is 63.0 Å². The Morgan fingerprint density at radius 1 is 1.16 bits per heavy atom. The fourth-order valence-corrected chi connectivity index (χ4v) is 2.61. The molecule has 0 fully saturated rings. The van der Waals surface area contributed by atoms with E-state index < -0.39 is 5.91 Å². The average molecular weight is 456 g/mol. The molecule has 0 heterocycles. The molecule has 0 aliphatic carbocycles. The summed E-state index contributed by atoms with van der Waals surface area (Å²) >= 11 is 2.15. The number of rotatable bonds is 8. The predicted octanol–water partition coefficient (Wildman–Crippen LogP) is 2.54. The number of hydrogen-bond donors (Lipinski definition) is 2. The first-order chi connectivity index (χ1) is 11.9. The topological polar surface area (TPSA) is 81.4 Å². The summed E-state index contributed by atoms with van der Waals surface area (Å²) in [7, 11) is 0. The molecule has 0 aromatic heterocycles. The molecule has 0 bridgehead atoms. The summed E-state index contributed by atoms with van der Waals surface area (Å²) in [5.41, 5.74) is 6.72. The van der Waals surface area contributed by atoms with E-state index in [1.54, 1.807) is 18.2 Å². The fraction of sp³-hybridized carbons (Fsp3) is 0.222. The monoisotopic (exact) mass is 456 g/mol. The molecule has 2 aromatic rings. The molecule has 3 N–H and O–H groups in total. The van der Waals surface area contributed by atoms with Gasteiger partial charge in [-0.15, -0.1) is 0 Å². The van der Waals surface area contributed by atoms with Crippen LogP contribution in [-0.4, -0.2) is 18.4 Å². The second-order valence-electron chi connectivity index (χ2n) is 5.41. The zero-order chi connectivity index (χ0) is 18.2. The Morgan fingerprint density at radius 2 is 1.88 bits per heavy atom. The van der Waals surface area contributed by atoms with Crippen molar-refractivity contribution in [1.29, 1.82) is 0 Å². The molecule has 0 saturated carbocycles. The van der Waals surface area contributed by atoms with Gasteiger partial charge in [0, 0.05) is 16.5 Å². The molecular weight excluding hydrogens is 438 g/mol. The number of hydrogen-bond acceptors (Lipinski definition) is 3. The van der Waals surface area contributed by atoms with Crippen molar-refractivity contribution in [1.82, 2.24) is 5.32 Å². The molecule has 2 rings (SSSR count). The summed E-state index contributed by atoms with van der Waals surface area (Å²) in [6.45, 7) is 0.538. The highest BCUT2D eigenvalue weighted by Gasteiger charge is 2.09. The summed E-state index contributed by atoms with van der Waals surface area (Å²) in [6, 6.07) is 11.6. The van der Waals surface area contributed by atoms with E-state index in [2.05, 4.69) is 27.9 Å². The molecule has 0 radical (unpaired) electrons. The van der Waals surface area contributed by atoms with Crippen molar-refractivity contribution >= 4 is 34.4 Å². The van der Waals surface area contributed by atoms with Crippen molar-refractivity contribution in [2.75, 3.05) is 6.54 Å². The molecule has 5 nitrogen and oxygen atoms in total. The van der Waals surface area contributed by atoms with Crippen molar-refractivity contribution < 1.29 is 18.7 Å². The molecule has 7 heteroatoms. The molecule has 0 unspecified atom stereocenters. The first-order valence-electron chi connectivity index (χ1n) is 7.64. The number of carbonyl (C=O) groups excluding carboxylic acids is 2. The lowest BCUT2D eigenvalue weighted by Gasteiger charge is -2.10. The zero-order valence-electron chi connectivity index (χ0n) is 13.4. The quantitative estimate of drug-likeness (QED) is 0.600. The van der Waals surface area contributed by atoms with Gasteiger partial charge < -0.3 is 15.8 Å². The molecule has 0 saturated heterocycles. The molecule has 132 valence electrons. The van der Waals surface area contributed by atoms with Crippen molar-refractivity contribution in [3.63, 3.8) is 0 Å². The second-order valence-corrected chi connectivity index (χ2v) is 6.57. The number of ether oxygens (including phenoxy) is 1. The molecule has 25 heavy (non-hydrogen) atoms. The minimum Gasteiger partial charge on any atom is -0.489 e. The predicted molar refractivity (Wildman–Crippen MR) is 100 cm³/mol. The standard InChI is InChI=1S/C18H18FIN2O3/c19-14-3-1-12(2-4-14)11-25-15-5-6-16(20)13(9-15)10-18(24)22-8-7-17(21)23/h1-6,9H,7-8,10-11H2,(H2,21,23)(H,22,24). The maximum atomic E-state index is 12.9. The van der Waals surface area contributed by atoms with E-state index in [-0.39, 0.29) is 31.1 Å². The van der Waals surface area contributed by atoms with Gasteiger partial charge in [-0.1, -0.05) is 12.1 Å². The Kier molecular flexibility index (Phi) is 7.17. The van der Waals surface area contributed by atoms with Crippen molar-refractivity contribution in [2.45, 2.75) is 19.4 Å². The van der Waals surface area contributed by atoms with Gasteiger partial charge in [0.2, 0.25) is 11.8 Å². The zero-order valence-corrected chi connectivity index (χ0v) is 15.6. The number of primary amides is 1. The van der Waals surface area contributed by atoms with Crippen molar-refractivity contribution in [2.24, 2.45) is 5.73 Å². The third-order valence-corrected chi connectivity index (χ3v) is 4.43. The van der Waals surface area contributed by atoms with Gasteiger partial charge in [0.05, 0.1) is 6.42 Å². The lowest BCUT2D eigenvalue weighted by molar-refractivity contribution is -0.120. The smallest absolute Gasteiger partial charge is 0.224 e. The third kappa shape index (κ3) is 6.69. The molecule has 0 aliphatic heterocycles. The molecular formula is C18H18FIN2O3. The first kappa shape index (κ1) is 19.2. The first-order valence-corrected chi connectivity index (χ1v) is 8.72. The van der Waals surface area contributed by atoms with E-state index in [9.17, 15) is 14.0 Å². The Balaban J connectivity index is 1.93. The number of amides is 2. The summed E-state index contributed by atoms with van der Waals surface area (Å²) in [5, 5.41) is 2.65. The number of halogens is 2. The van der Waals surface area contributed by atoms with Crippen LogP contribution in [0.1, 0.15) is 17.5 Å². The number of carbonyl (C=O) groups is 2. The van der Waals surface area contributed by atoms with Crippen LogP contribution in [0.15, 0.2) is 42.5 Å². The lowest BCUT2D eigenvalue weighted by Crippen LogP contribution is -2.29. The van der Waals surface area contributed by atoms with E-state index in [0.29, 0.717) is 12.4 Å². The van der Waals surface area contributed by atoms with Crippen molar-refractivity contribution in [3.8, 4) is 5.75 Å². The summed E-state index contributed by atoms with van der Waals surface area (Å²) in [4.78, 5) is 22.6. The van der Waals surface area contributed by atoms with Gasteiger partial charge in [0.1, 0.15) is 18.2 Å². The van der Waals surface area contributed by atoms with Gasteiger partial charge in [-0.25, -0.2) is 4.39 Å². The van der Waals surface area contributed by atoms with Crippen LogP contribution in [0.4, 0.5) is 4.39 Å². The highest BCUT2D eigenvalue weighted by atomic mass is 127. The van der Waals surface area contributed by atoms with E-state index in [0.717, 1.165) is 14.7 Å². The molecule has 2 amide bonds.